The lowest BCUT2D eigenvalue weighted by Gasteiger charge is -2.07. The maximum atomic E-state index is 11.9. The molecule has 0 saturated heterocycles. The molecule has 3 nitrogen and oxygen atoms in total. The molecular formula is C13H15IN2OS. The summed E-state index contributed by atoms with van der Waals surface area (Å²) in [5.41, 5.74) is 0.859. The highest BCUT2D eigenvalue weighted by Gasteiger charge is 2.12. The van der Waals surface area contributed by atoms with Crippen molar-refractivity contribution in [1.82, 2.24) is 9.97 Å². The van der Waals surface area contributed by atoms with Crippen LogP contribution in [0, 0.1) is 16.4 Å². The highest BCUT2D eigenvalue weighted by Crippen LogP contribution is 2.25. The molecule has 0 amide bonds. The third kappa shape index (κ3) is 3.00. The van der Waals surface area contributed by atoms with E-state index in [1.54, 1.807) is 11.3 Å². The summed E-state index contributed by atoms with van der Waals surface area (Å²) in [5.74, 6) is 1.18. The van der Waals surface area contributed by atoms with Crippen molar-refractivity contribution in [3.8, 4) is 10.7 Å². The average molecular weight is 374 g/mol. The van der Waals surface area contributed by atoms with E-state index in [2.05, 4.69) is 46.4 Å². The van der Waals surface area contributed by atoms with Crippen molar-refractivity contribution in [3.05, 3.63) is 36.6 Å². The lowest BCUT2D eigenvalue weighted by Crippen LogP contribution is -2.17. The van der Waals surface area contributed by atoms with E-state index in [0.717, 1.165) is 17.0 Å². The van der Waals surface area contributed by atoms with Gasteiger partial charge in [0.1, 0.15) is 0 Å². The van der Waals surface area contributed by atoms with Crippen LogP contribution in [-0.4, -0.2) is 9.97 Å². The molecule has 2 aromatic heterocycles. The monoisotopic (exact) mass is 374 g/mol. The van der Waals surface area contributed by atoms with Crippen LogP contribution in [0.4, 0.5) is 0 Å². The van der Waals surface area contributed by atoms with Gasteiger partial charge in [0.15, 0.2) is 5.82 Å². The van der Waals surface area contributed by atoms with Gasteiger partial charge in [0.05, 0.1) is 14.1 Å². The third-order valence-corrected chi connectivity index (χ3v) is 4.63. The van der Waals surface area contributed by atoms with Crippen LogP contribution in [0.15, 0.2) is 16.9 Å². The van der Waals surface area contributed by atoms with Crippen molar-refractivity contribution in [1.29, 1.82) is 0 Å². The van der Waals surface area contributed by atoms with Gasteiger partial charge in [-0.25, -0.2) is 4.98 Å². The number of aryl methyl sites for hydroxylation is 1. The van der Waals surface area contributed by atoms with Gasteiger partial charge in [-0.3, -0.25) is 4.79 Å². The van der Waals surface area contributed by atoms with Gasteiger partial charge in [0.2, 0.25) is 0 Å². The number of thiophene rings is 1. The number of hydrogen-bond acceptors (Lipinski definition) is 3. The van der Waals surface area contributed by atoms with Crippen LogP contribution >= 0.6 is 33.9 Å². The summed E-state index contributed by atoms with van der Waals surface area (Å²) in [5, 5.41) is 0. The first-order chi connectivity index (χ1) is 8.47. The van der Waals surface area contributed by atoms with Crippen molar-refractivity contribution < 1.29 is 0 Å². The Labute approximate surface area is 124 Å². The first-order valence-corrected chi connectivity index (χ1v) is 7.72. The van der Waals surface area contributed by atoms with Crippen LogP contribution < -0.4 is 5.56 Å². The van der Waals surface area contributed by atoms with E-state index in [0.29, 0.717) is 15.3 Å². The maximum Gasteiger partial charge on any atom is 0.264 e. The predicted molar refractivity (Wildman–Crippen MR) is 84.2 cm³/mol. The average Bonchev–Trinajstić information content (AvgIpc) is 2.70. The van der Waals surface area contributed by atoms with Gasteiger partial charge >= 0.3 is 0 Å². The quantitative estimate of drug-likeness (QED) is 0.835. The minimum absolute atomic E-state index is 0.0395. The summed E-state index contributed by atoms with van der Waals surface area (Å²) < 4.78 is 0.707. The zero-order chi connectivity index (χ0) is 13.3. The molecule has 0 spiro atoms. The summed E-state index contributed by atoms with van der Waals surface area (Å²) in [6.45, 7) is 6.32. The fourth-order valence-corrected chi connectivity index (χ4v) is 2.99. The van der Waals surface area contributed by atoms with Crippen molar-refractivity contribution in [2.75, 3.05) is 0 Å². The standard InChI is InChI=1S/C13H15IN2OS/c1-7(2)6-9-11(14)13(17)16-12(15-9)10-5-4-8(3)18-10/h4-5,7H,6H2,1-3H3,(H,15,16,17). The third-order valence-electron chi connectivity index (χ3n) is 2.51. The molecule has 0 saturated carbocycles. The molecular weight excluding hydrogens is 359 g/mol. The summed E-state index contributed by atoms with van der Waals surface area (Å²) in [7, 11) is 0. The zero-order valence-corrected chi connectivity index (χ0v) is 13.6. The van der Waals surface area contributed by atoms with E-state index in [1.807, 2.05) is 19.1 Å². The molecule has 0 aliphatic carbocycles. The molecule has 0 fully saturated rings. The zero-order valence-electron chi connectivity index (χ0n) is 10.6. The Kier molecular flexibility index (Phi) is 4.21. The molecule has 5 heteroatoms. The Hall–Kier alpha value is -0.690. The van der Waals surface area contributed by atoms with Gasteiger partial charge in [0.25, 0.3) is 5.56 Å². The Bertz CT molecular complexity index is 616. The summed E-state index contributed by atoms with van der Waals surface area (Å²) in [4.78, 5) is 21.6. The van der Waals surface area contributed by atoms with Crippen molar-refractivity contribution in [2.24, 2.45) is 5.92 Å². The number of rotatable bonds is 3. The molecule has 0 atom stereocenters. The van der Waals surface area contributed by atoms with E-state index in [-0.39, 0.29) is 5.56 Å². The summed E-state index contributed by atoms with van der Waals surface area (Å²) in [6.07, 6.45) is 0.833. The van der Waals surface area contributed by atoms with E-state index in [9.17, 15) is 4.79 Å². The van der Waals surface area contributed by atoms with E-state index < -0.39 is 0 Å². The lowest BCUT2D eigenvalue weighted by molar-refractivity contribution is 0.631. The molecule has 2 aromatic rings. The number of H-pyrrole nitrogens is 1. The second-order valence-electron chi connectivity index (χ2n) is 4.68. The number of hydrogen-bond donors (Lipinski definition) is 1. The minimum atomic E-state index is -0.0395. The van der Waals surface area contributed by atoms with Crippen molar-refractivity contribution >= 4 is 33.9 Å². The van der Waals surface area contributed by atoms with Crippen LogP contribution in [-0.2, 0) is 6.42 Å². The normalized spacial score (nSPS) is 11.2. The fraction of sp³-hybridized carbons (Fsp3) is 0.385. The van der Waals surface area contributed by atoms with Gasteiger partial charge in [-0.05, 0) is 54.0 Å². The van der Waals surface area contributed by atoms with Gasteiger partial charge in [-0.1, -0.05) is 13.8 Å². The Morgan fingerprint density at radius 2 is 2.17 bits per heavy atom. The first kappa shape index (κ1) is 13.7. The molecule has 2 heterocycles. The van der Waals surface area contributed by atoms with E-state index >= 15 is 0 Å². The van der Waals surface area contributed by atoms with Crippen LogP contribution in [0.5, 0.6) is 0 Å². The molecule has 0 unspecified atom stereocenters. The number of halogens is 1. The largest absolute Gasteiger partial charge is 0.305 e. The molecule has 0 aromatic carbocycles. The smallest absolute Gasteiger partial charge is 0.264 e. The SMILES string of the molecule is Cc1ccc(-c2nc(CC(C)C)c(I)c(=O)[nH]2)s1. The molecule has 96 valence electrons. The Morgan fingerprint density at radius 3 is 2.72 bits per heavy atom. The number of aromatic amines is 1. The summed E-state index contributed by atoms with van der Waals surface area (Å²) >= 11 is 3.72. The molecule has 18 heavy (non-hydrogen) atoms. The molecule has 0 aliphatic rings. The lowest BCUT2D eigenvalue weighted by atomic mass is 10.1. The van der Waals surface area contributed by atoms with Crippen molar-refractivity contribution in [3.63, 3.8) is 0 Å². The summed E-state index contributed by atoms with van der Waals surface area (Å²) in [6, 6.07) is 4.05. The molecule has 2 rings (SSSR count). The van der Waals surface area contributed by atoms with Gasteiger partial charge in [0, 0.05) is 4.88 Å². The first-order valence-electron chi connectivity index (χ1n) is 5.83. The predicted octanol–water partition coefficient (Wildman–Crippen LogP) is 3.61. The van der Waals surface area contributed by atoms with Crippen LogP contribution in [0.2, 0.25) is 0 Å². The van der Waals surface area contributed by atoms with Crippen LogP contribution in [0.3, 0.4) is 0 Å². The van der Waals surface area contributed by atoms with E-state index in [1.165, 1.54) is 4.88 Å². The van der Waals surface area contributed by atoms with E-state index in [4.69, 9.17) is 0 Å². The topological polar surface area (TPSA) is 45.8 Å². The Morgan fingerprint density at radius 1 is 1.44 bits per heavy atom. The second-order valence-corrected chi connectivity index (χ2v) is 7.05. The highest BCUT2D eigenvalue weighted by atomic mass is 127. The highest BCUT2D eigenvalue weighted by molar-refractivity contribution is 14.1. The maximum absolute atomic E-state index is 11.9. The Balaban J connectivity index is 2.50. The minimum Gasteiger partial charge on any atom is -0.305 e. The van der Waals surface area contributed by atoms with Crippen LogP contribution in [0.25, 0.3) is 10.7 Å². The van der Waals surface area contributed by atoms with Gasteiger partial charge in [-0.15, -0.1) is 11.3 Å². The van der Waals surface area contributed by atoms with Crippen LogP contribution in [0.1, 0.15) is 24.4 Å². The number of aromatic nitrogens is 2. The number of nitrogens with zero attached hydrogens (tertiary/aromatic N) is 1. The number of nitrogens with one attached hydrogen (secondary N) is 1. The van der Waals surface area contributed by atoms with Gasteiger partial charge in [-0.2, -0.15) is 0 Å². The molecule has 1 N–H and O–H groups in total. The van der Waals surface area contributed by atoms with Crippen molar-refractivity contribution in [2.45, 2.75) is 27.2 Å². The second kappa shape index (κ2) is 5.52. The molecule has 0 radical (unpaired) electrons. The molecule has 0 bridgehead atoms. The van der Waals surface area contributed by atoms with Gasteiger partial charge < -0.3 is 4.98 Å². The molecule has 0 aliphatic heterocycles. The fourth-order valence-electron chi connectivity index (χ4n) is 1.71.